The first kappa shape index (κ1) is 11.4. The predicted molar refractivity (Wildman–Crippen MR) is 58.8 cm³/mol. The summed E-state index contributed by atoms with van der Waals surface area (Å²) < 4.78 is 13.0. The van der Waals surface area contributed by atoms with Gasteiger partial charge in [-0.15, -0.1) is 0 Å². The minimum atomic E-state index is -0.823. The molecule has 1 aromatic carbocycles. The number of hydrogen-bond donors (Lipinski definition) is 3. The van der Waals surface area contributed by atoms with Crippen LogP contribution in [0.4, 0.5) is 4.39 Å². The number of hydrogen-bond acceptors (Lipinski definition) is 3. The molecule has 0 radical (unpaired) electrons. The van der Waals surface area contributed by atoms with Crippen molar-refractivity contribution < 1.29 is 14.6 Å². The Labute approximate surface area is 93.9 Å². The Bertz CT molecular complexity index is 375. The van der Waals surface area contributed by atoms with E-state index in [1.54, 1.807) is 0 Å². The van der Waals surface area contributed by atoms with Crippen molar-refractivity contribution in [1.82, 2.24) is 5.32 Å². The zero-order chi connectivity index (χ0) is 11.6. The fourth-order valence-corrected chi connectivity index (χ4v) is 2.12. The first-order valence-electron chi connectivity index (χ1n) is 5.50. The first-order valence-corrected chi connectivity index (χ1v) is 5.50. The molecule has 16 heavy (non-hydrogen) atoms. The molecule has 1 saturated heterocycles. The third kappa shape index (κ3) is 2.51. The highest BCUT2D eigenvalue weighted by molar-refractivity contribution is 5.33. The van der Waals surface area contributed by atoms with E-state index in [9.17, 15) is 14.6 Å². The van der Waals surface area contributed by atoms with Gasteiger partial charge < -0.3 is 15.5 Å². The molecule has 0 aromatic heterocycles. The molecule has 2 rings (SSSR count). The van der Waals surface area contributed by atoms with Gasteiger partial charge in [0.1, 0.15) is 11.6 Å². The molecule has 1 heterocycles. The second-order valence-electron chi connectivity index (χ2n) is 4.42. The van der Waals surface area contributed by atoms with Crippen LogP contribution in [0.2, 0.25) is 0 Å². The van der Waals surface area contributed by atoms with Crippen LogP contribution in [-0.2, 0) is 6.42 Å². The second-order valence-corrected chi connectivity index (χ2v) is 4.42. The van der Waals surface area contributed by atoms with Crippen LogP contribution in [0.15, 0.2) is 18.2 Å². The normalized spacial score (nSPS) is 19.6. The van der Waals surface area contributed by atoms with Crippen LogP contribution in [0.3, 0.4) is 0 Å². The number of aromatic hydroxyl groups is 1. The predicted octanol–water partition coefficient (Wildman–Crippen LogP) is 1.19. The van der Waals surface area contributed by atoms with E-state index < -0.39 is 5.60 Å². The summed E-state index contributed by atoms with van der Waals surface area (Å²) in [5, 5.41) is 23.0. The van der Waals surface area contributed by atoms with E-state index in [2.05, 4.69) is 5.32 Å². The van der Waals surface area contributed by atoms with Crippen molar-refractivity contribution in [1.29, 1.82) is 0 Å². The molecule has 0 spiro atoms. The highest BCUT2D eigenvalue weighted by atomic mass is 19.1. The smallest absolute Gasteiger partial charge is 0.123 e. The van der Waals surface area contributed by atoms with Gasteiger partial charge in [-0.3, -0.25) is 0 Å². The van der Waals surface area contributed by atoms with Crippen LogP contribution in [0.5, 0.6) is 5.75 Å². The number of phenolic OH excluding ortho intramolecular Hbond substituents is 1. The number of benzene rings is 1. The lowest BCUT2D eigenvalue weighted by atomic mass is 9.86. The van der Waals surface area contributed by atoms with Gasteiger partial charge in [0.05, 0.1) is 5.60 Å². The van der Waals surface area contributed by atoms with Crippen LogP contribution in [0.1, 0.15) is 18.4 Å². The molecular weight excluding hydrogens is 209 g/mol. The molecule has 1 aromatic rings. The van der Waals surface area contributed by atoms with Crippen molar-refractivity contribution in [2.24, 2.45) is 0 Å². The van der Waals surface area contributed by atoms with E-state index in [0.717, 1.165) is 13.1 Å². The van der Waals surface area contributed by atoms with Crippen LogP contribution < -0.4 is 5.32 Å². The van der Waals surface area contributed by atoms with Crippen molar-refractivity contribution in [3.8, 4) is 5.75 Å². The Morgan fingerprint density at radius 1 is 1.31 bits per heavy atom. The summed E-state index contributed by atoms with van der Waals surface area (Å²) >= 11 is 0. The highest BCUT2D eigenvalue weighted by Gasteiger charge is 2.30. The number of phenols is 1. The fraction of sp³-hybridized carbons (Fsp3) is 0.500. The first-order chi connectivity index (χ1) is 7.59. The van der Waals surface area contributed by atoms with Gasteiger partial charge in [-0.2, -0.15) is 0 Å². The molecule has 0 atom stereocenters. The average Bonchev–Trinajstić information content (AvgIpc) is 2.24. The zero-order valence-corrected chi connectivity index (χ0v) is 9.04. The minimum absolute atomic E-state index is 0.0494. The maximum Gasteiger partial charge on any atom is 0.123 e. The molecule has 0 aliphatic carbocycles. The van der Waals surface area contributed by atoms with E-state index in [-0.39, 0.29) is 11.6 Å². The molecule has 3 nitrogen and oxygen atoms in total. The number of aliphatic hydroxyl groups is 1. The lowest BCUT2D eigenvalue weighted by Crippen LogP contribution is -2.43. The van der Waals surface area contributed by atoms with Crippen LogP contribution in [0.25, 0.3) is 0 Å². The lowest BCUT2D eigenvalue weighted by molar-refractivity contribution is 0.0103. The van der Waals surface area contributed by atoms with Crippen LogP contribution >= 0.6 is 0 Å². The summed E-state index contributed by atoms with van der Waals surface area (Å²) in [6, 6.07) is 3.83. The quantitative estimate of drug-likeness (QED) is 0.708. The molecule has 1 aliphatic heterocycles. The summed E-state index contributed by atoms with van der Waals surface area (Å²) in [5.41, 5.74) is -0.347. The Morgan fingerprint density at radius 3 is 2.69 bits per heavy atom. The van der Waals surface area contributed by atoms with Gasteiger partial charge in [0.25, 0.3) is 0 Å². The molecule has 4 heteroatoms. The molecule has 0 saturated carbocycles. The number of rotatable bonds is 2. The van der Waals surface area contributed by atoms with Crippen LogP contribution in [-0.4, -0.2) is 28.9 Å². The SMILES string of the molecule is Oc1ccc(F)cc1CC1(O)CCNCC1. The molecule has 1 aliphatic rings. The van der Waals surface area contributed by atoms with E-state index >= 15 is 0 Å². The van der Waals surface area contributed by atoms with Gasteiger partial charge in [-0.1, -0.05) is 0 Å². The largest absolute Gasteiger partial charge is 0.508 e. The Hall–Kier alpha value is -1.13. The lowest BCUT2D eigenvalue weighted by Gasteiger charge is -2.32. The Balaban J connectivity index is 2.15. The average molecular weight is 225 g/mol. The molecule has 88 valence electrons. The summed E-state index contributed by atoms with van der Waals surface area (Å²) in [4.78, 5) is 0. The van der Waals surface area contributed by atoms with Gasteiger partial charge in [-0.25, -0.2) is 4.39 Å². The third-order valence-corrected chi connectivity index (χ3v) is 3.10. The van der Waals surface area contributed by atoms with Crippen molar-refractivity contribution >= 4 is 0 Å². The molecule has 0 bridgehead atoms. The molecule has 1 fully saturated rings. The summed E-state index contributed by atoms with van der Waals surface area (Å²) in [6.07, 6.45) is 1.56. The third-order valence-electron chi connectivity index (χ3n) is 3.10. The Kier molecular flexibility index (Phi) is 3.12. The van der Waals surface area contributed by atoms with Crippen molar-refractivity contribution in [3.63, 3.8) is 0 Å². The van der Waals surface area contributed by atoms with Crippen molar-refractivity contribution in [2.45, 2.75) is 24.9 Å². The van der Waals surface area contributed by atoms with E-state index in [0.29, 0.717) is 24.8 Å². The second kappa shape index (κ2) is 4.39. The number of nitrogens with one attached hydrogen (secondary N) is 1. The monoisotopic (exact) mass is 225 g/mol. The standard InChI is InChI=1S/C12H16FNO2/c13-10-1-2-11(15)9(7-10)8-12(16)3-5-14-6-4-12/h1-2,7,14-16H,3-6,8H2. The molecule has 0 amide bonds. The van der Waals surface area contributed by atoms with E-state index in [1.807, 2.05) is 0 Å². The van der Waals surface area contributed by atoms with Crippen LogP contribution in [0, 0.1) is 5.82 Å². The summed E-state index contributed by atoms with van der Waals surface area (Å²) in [5.74, 6) is -0.335. The summed E-state index contributed by atoms with van der Waals surface area (Å²) in [7, 11) is 0. The molecule has 0 unspecified atom stereocenters. The highest BCUT2D eigenvalue weighted by Crippen LogP contribution is 2.28. The topological polar surface area (TPSA) is 52.5 Å². The fourth-order valence-electron chi connectivity index (χ4n) is 2.12. The minimum Gasteiger partial charge on any atom is -0.508 e. The van der Waals surface area contributed by atoms with Crippen molar-refractivity contribution in [3.05, 3.63) is 29.6 Å². The molecule has 3 N–H and O–H groups in total. The van der Waals surface area contributed by atoms with E-state index in [4.69, 9.17) is 0 Å². The number of piperidine rings is 1. The number of halogens is 1. The van der Waals surface area contributed by atoms with Gasteiger partial charge in [0.2, 0.25) is 0 Å². The van der Waals surface area contributed by atoms with Crippen molar-refractivity contribution in [2.75, 3.05) is 13.1 Å². The maximum absolute atomic E-state index is 13.0. The Morgan fingerprint density at radius 2 is 2.00 bits per heavy atom. The van der Waals surface area contributed by atoms with Gasteiger partial charge in [-0.05, 0) is 49.7 Å². The summed E-state index contributed by atoms with van der Waals surface area (Å²) in [6.45, 7) is 1.51. The van der Waals surface area contributed by atoms with Gasteiger partial charge in [0.15, 0.2) is 0 Å². The van der Waals surface area contributed by atoms with E-state index in [1.165, 1.54) is 18.2 Å². The zero-order valence-electron chi connectivity index (χ0n) is 9.04. The van der Waals surface area contributed by atoms with Gasteiger partial charge in [0, 0.05) is 6.42 Å². The van der Waals surface area contributed by atoms with Gasteiger partial charge >= 0.3 is 0 Å². The maximum atomic E-state index is 13.0. The molecular formula is C12H16FNO2.